The molecule has 0 bridgehead atoms. The van der Waals surface area contributed by atoms with Crippen LogP contribution in [0.3, 0.4) is 0 Å². The van der Waals surface area contributed by atoms with Gasteiger partial charge in [0.2, 0.25) is 0 Å². The largest absolute Gasteiger partial charge is 0.455 e. The molecule has 0 N–H and O–H groups in total. The van der Waals surface area contributed by atoms with E-state index in [0.29, 0.717) is 0 Å². The fourth-order valence-corrected chi connectivity index (χ4v) is 7.05. The van der Waals surface area contributed by atoms with Crippen molar-refractivity contribution in [3.05, 3.63) is 158 Å². The predicted molar refractivity (Wildman–Crippen MR) is 183 cm³/mol. The van der Waals surface area contributed by atoms with Crippen LogP contribution in [0, 0.1) is 0 Å². The van der Waals surface area contributed by atoms with Crippen LogP contribution in [0.25, 0.3) is 87.6 Å². The Kier molecular flexibility index (Phi) is 5.27. The first-order valence-corrected chi connectivity index (χ1v) is 14.8. The fraction of sp³-hybridized carbons (Fsp3) is 0. The van der Waals surface area contributed by atoms with Gasteiger partial charge in [-0.15, -0.1) is 0 Å². The lowest BCUT2D eigenvalue weighted by Crippen LogP contribution is -1.91. The number of fused-ring (bicyclic) bond motifs is 7. The van der Waals surface area contributed by atoms with Crippen LogP contribution in [-0.4, -0.2) is 0 Å². The molecule has 0 spiro atoms. The molecule has 9 aromatic rings. The Morgan fingerprint density at radius 1 is 0.326 bits per heavy atom. The lowest BCUT2D eigenvalue weighted by Gasteiger charge is -2.18. The molecule has 8 aromatic carbocycles. The average molecular weight is 547 g/mol. The Balaban J connectivity index is 1.43. The van der Waals surface area contributed by atoms with Crippen LogP contribution in [0.2, 0.25) is 0 Å². The highest BCUT2D eigenvalue weighted by Gasteiger charge is 2.21. The van der Waals surface area contributed by atoms with Gasteiger partial charge in [-0.05, 0) is 72.4 Å². The molecule has 0 amide bonds. The summed E-state index contributed by atoms with van der Waals surface area (Å²) in [6.45, 7) is 0. The third kappa shape index (κ3) is 3.58. The van der Waals surface area contributed by atoms with Crippen molar-refractivity contribution in [2.24, 2.45) is 0 Å². The maximum absolute atomic E-state index is 6.81. The van der Waals surface area contributed by atoms with E-state index < -0.39 is 0 Å². The molecule has 1 nitrogen and oxygen atoms in total. The van der Waals surface area contributed by atoms with E-state index in [9.17, 15) is 0 Å². The minimum absolute atomic E-state index is 0.906. The average Bonchev–Trinajstić information content (AvgIpc) is 3.47. The first kappa shape index (κ1) is 24.0. The molecule has 0 aliphatic rings. The Morgan fingerprint density at radius 2 is 0.884 bits per heavy atom. The molecule has 0 radical (unpaired) electrons. The summed E-state index contributed by atoms with van der Waals surface area (Å²) < 4.78 is 6.81. The first-order valence-electron chi connectivity index (χ1n) is 14.8. The van der Waals surface area contributed by atoms with Gasteiger partial charge in [0.05, 0.1) is 0 Å². The number of benzene rings is 8. The van der Waals surface area contributed by atoms with Crippen LogP contribution in [0.4, 0.5) is 0 Å². The molecule has 1 heterocycles. The summed E-state index contributed by atoms with van der Waals surface area (Å²) in [5.41, 5.74) is 9.17. The van der Waals surface area contributed by atoms with Gasteiger partial charge in [0, 0.05) is 16.2 Å². The Labute approximate surface area is 249 Å². The second-order valence-corrected chi connectivity index (χ2v) is 11.2. The molecule has 43 heavy (non-hydrogen) atoms. The lowest BCUT2D eigenvalue weighted by atomic mass is 9.85. The molecule has 9 rings (SSSR count). The van der Waals surface area contributed by atoms with Gasteiger partial charge in [-0.3, -0.25) is 0 Å². The van der Waals surface area contributed by atoms with E-state index in [4.69, 9.17) is 4.42 Å². The van der Waals surface area contributed by atoms with Gasteiger partial charge < -0.3 is 4.42 Å². The predicted octanol–water partition coefficient (Wildman–Crippen LogP) is 12.0. The van der Waals surface area contributed by atoms with Crippen molar-refractivity contribution in [2.45, 2.75) is 0 Å². The zero-order valence-electron chi connectivity index (χ0n) is 23.4. The van der Waals surface area contributed by atoms with Gasteiger partial charge in [-0.1, -0.05) is 146 Å². The van der Waals surface area contributed by atoms with E-state index in [1.807, 2.05) is 0 Å². The van der Waals surface area contributed by atoms with Crippen LogP contribution >= 0.6 is 0 Å². The SMILES string of the molecule is c1ccc(-c2c3ccccc3c(-c3cccc4oc5c(ccc6cccc(-c7ccccc7)c65)c34)c3ccccc23)cc1. The number of furan rings is 1. The van der Waals surface area contributed by atoms with Crippen LogP contribution in [0.1, 0.15) is 0 Å². The number of hydrogen-bond acceptors (Lipinski definition) is 1. The molecule has 1 aromatic heterocycles. The fourth-order valence-electron chi connectivity index (χ4n) is 7.05. The summed E-state index contributed by atoms with van der Waals surface area (Å²) in [6.07, 6.45) is 0. The quantitative estimate of drug-likeness (QED) is 0.201. The van der Waals surface area contributed by atoms with Gasteiger partial charge in [0.25, 0.3) is 0 Å². The standard InChI is InChI=1S/C42H26O/c1-3-13-27(14-4-1)30-22-11-17-29-25-26-36-41-35(23-12-24-37(41)43-42(36)39(29)30)40-33-20-9-7-18-31(33)38(28-15-5-2-6-16-28)32-19-8-10-21-34(32)40/h1-26H. The van der Waals surface area contributed by atoms with Gasteiger partial charge in [-0.25, -0.2) is 0 Å². The first-order chi connectivity index (χ1) is 21.4. The summed E-state index contributed by atoms with van der Waals surface area (Å²) in [5, 5.41) is 9.63. The molecular weight excluding hydrogens is 520 g/mol. The van der Waals surface area contributed by atoms with E-state index in [-0.39, 0.29) is 0 Å². The molecule has 0 atom stereocenters. The Hall–Kier alpha value is -5.66. The van der Waals surface area contributed by atoms with E-state index >= 15 is 0 Å². The molecule has 0 aliphatic heterocycles. The Bertz CT molecular complexity index is 2430. The lowest BCUT2D eigenvalue weighted by molar-refractivity contribution is 0.673. The summed E-state index contributed by atoms with van der Waals surface area (Å²) in [7, 11) is 0. The summed E-state index contributed by atoms with van der Waals surface area (Å²) in [5.74, 6) is 0. The summed E-state index contributed by atoms with van der Waals surface area (Å²) in [6, 6.07) is 56.6. The van der Waals surface area contributed by atoms with E-state index in [0.717, 1.165) is 27.3 Å². The monoisotopic (exact) mass is 546 g/mol. The summed E-state index contributed by atoms with van der Waals surface area (Å²) in [4.78, 5) is 0. The second kappa shape index (κ2) is 9.44. The van der Waals surface area contributed by atoms with E-state index in [1.165, 1.54) is 60.3 Å². The van der Waals surface area contributed by atoms with Crippen LogP contribution < -0.4 is 0 Å². The zero-order valence-corrected chi connectivity index (χ0v) is 23.4. The van der Waals surface area contributed by atoms with Crippen LogP contribution in [0.15, 0.2) is 162 Å². The highest BCUT2D eigenvalue weighted by Crippen LogP contribution is 2.48. The van der Waals surface area contributed by atoms with Crippen LogP contribution in [-0.2, 0) is 0 Å². The van der Waals surface area contributed by atoms with Crippen molar-refractivity contribution in [3.8, 4) is 33.4 Å². The maximum Gasteiger partial charge on any atom is 0.143 e. The minimum atomic E-state index is 0.906. The van der Waals surface area contributed by atoms with Crippen molar-refractivity contribution in [2.75, 3.05) is 0 Å². The molecule has 200 valence electrons. The van der Waals surface area contributed by atoms with E-state index in [2.05, 4.69) is 158 Å². The van der Waals surface area contributed by atoms with Gasteiger partial charge in [0.1, 0.15) is 11.2 Å². The van der Waals surface area contributed by atoms with E-state index in [1.54, 1.807) is 0 Å². The van der Waals surface area contributed by atoms with Gasteiger partial charge in [0.15, 0.2) is 0 Å². The minimum Gasteiger partial charge on any atom is -0.455 e. The third-order valence-corrected chi connectivity index (χ3v) is 8.85. The highest BCUT2D eigenvalue weighted by molar-refractivity contribution is 6.27. The molecule has 0 unspecified atom stereocenters. The van der Waals surface area contributed by atoms with Crippen LogP contribution in [0.5, 0.6) is 0 Å². The topological polar surface area (TPSA) is 13.1 Å². The van der Waals surface area contributed by atoms with Crippen molar-refractivity contribution in [1.82, 2.24) is 0 Å². The van der Waals surface area contributed by atoms with Crippen molar-refractivity contribution >= 4 is 54.3 Å². The maximum atomic E-state index is 6.81. The van der Waals surface area contributed by atoms with Gasteiger partial charge >= 0.3 is 0 Å². The molecular formula is C42H26O. The third-order valence-electron chi connectivity index (χ3n) is 8.85. The smallest absolute Gasteiger partial charge is 0.143 e. The number of rotatable bonds is 3. The molecule has 1 heteroatoms. The van der Waals surface area contributed by atoms with Crippen molar-refractivity contribution < 1.29 is 4.42 Å². The molecule has 0 aliphatic carbocycles. The second-order valence-electron chi connectivity index (χ2n) is 11.2. The molecule has 0 saturated heterocycles. The Morgan fingerprint density at radius 3 is 1.56 bits per heavy atom. The molecule has 0 fully saturated rings. The van der Waals surface area contributed by atoms with Crippen molar-refractivity contribution in [1.29, 1.82) is 0 Å². The number of hydrogen-bond donors (Lipinski definition) is 0. The molecule has 0 saturated carbocycles. The van der Waals surface area contributed by atoms with Crippen molar-refractivity contribution in [3.63, 3.8) is 0 Å². The van der Waals surface area contributed by atoms with Gasteiger partial charge in [-0.2, -0.15) is 0 Å². The summed E-state index contributed by atoms with van der Waals surface area (Å²) >= 11 is 0. The highest BCUT2D eigenvalue weighted by atomic mass is 16.3. The normalized spacial score (nSPS) is 11.7. The zero-order chi connectivity index (χ0) is 28.3.